The summed E-state index contributed by atoms with van der Waals surface area (Å²) in [7, 11) is 2.02. The number of hydrogen-bond acceptors (Lipinski definition) is 6. The number of carbonyl (C=O) groups excluding carboxylic acids is 1. The molecule has 2 saturated heterocycles. The number of ether oxygens (including phenoxy) is 1. The molecule has 6 rings (SSSR count). The standard InChI is InChI=1S/C31H34F6N6O2/c1-18(2)25-14-40(3)7-8-41(25)12-19-9-22-23(24(10-19)31(35,36)37)13-42(28(22)44)21-6-4-5-20(11-21)30(15-45-16-30)26(32)27-39-38-17-43(27)29(33)34/h4-6,9-11,17-18,25-26,29H,7-8,12-16H2,1-3H3/t25?,26-/m0/s1. The van der Waals surface area contributed by atoms with Crippen LogP contribution in [-0.4, -0.2) is 76.4 Å². The molecule has 0 spiro atoms. The van der Waals surface area contributed by atoms with Gasteiger partial charge in [0.25, 0.3) is 5.91 Å². The van der Waals surface area contributed by atoms with Gasteiger partial charge in [0.05, 0.1) is 30.7 Å². The zero-order valence-electron chi connectivity index (χ0n) is 25.1. The summed E-state index contributed by atoms with van der Waals surface area (Å²) in [6.45, 7) is 3.06. The number of carbonyl (C=O) groups is 1. The highest BCUT2D eigenvalue weighted by Crippen LogP contribution is 2.47. The summed E-state index contributed by atoms with van der Waals surface area (Å²) >= 11 is 0. The smallest absolute Gasteiger partial charge is 0.379 e. The van der Waals surface area contributed by atoms with E-state index in [4.69, 9.17) is 4.74 Å². The van der Waals surface area contributed by atoms with Gasteiger partial charge in [-0.3, -0.25) is 14.3 Å². The Morgan fingerprint density at radius 2 is 1.84 bits per heavy atom. The molecule has 0 bridgehead atoms. The molecule has 4 heterocycles. The van der Waals surface area contributed by atoms with Gasteiger partial charge < -0.3 is 14.5 Å². The van der Waals surface area contributed by atoms with Crippen LogP contribution >= 0.6 is 0 Å². The molecule has 242 valence electrons. The molecule has 2 atom stereocenters. The number of anilines is 1. The van der Waals surface area contributed by atoms with Crippen LogP contribution in [0.4, 0.5) is 32.0 Å². The Bertz CT molecular complexity index is 1570. The molecule has 3 aliphatic rings. The Labute approximate surface area is 256 Å². The predicted octanol–water partition coefficient (Wildman–Crippen LogP) is 5.60. The number of aromatic nitrogens is 3. The van der Waals surface area contributed by atoms with Gasteiger partial charge in [0.2, 0.25) is 0 Å². The van der Waals surface area contributed by atoms with Crippen molar-refractivity contribution in [2.45, 2.75) is 57.3 Å². The molecule has 0 radical (unpaired) electrons. The van der Waals surface area contributed by atoms with Gasteiger partial charge in [-0.05, 0) is 53.9 Å². The second-order valence-corrected chi connectivity index (χ2v) is 12.5. The number of rotatable bonds is 8. The molecule has 1 aromatic heterocycles. The molecule has 1 unspecified atom stereocenters. The molecule has 1 amide bonds. The monoisotopic (exact) mass is 636 g/mol. The third-order valence-corrected chi connectivity index (χ3v) is 9.27. The van der Waals surface area contributed by atoms with Crippen LogP contribution in [0.1, 0.15) is 65.0 Å². The molecule has 0 aliphatic carbocycles. The van der Waals surface area contributed by atoms with Gasteiger partial charge in [-0.2, -0.15) is 22.0 Å². The first-order valence-corrected chi connectivity index (χ1v) is 14.8. The number of piperazine rings is 1. The zero-order valence-corrected chi connectivity index (χ0v) is 25.1. The van der Waals surface area contributed by atoms with Gasteiger partial charge in [-0.1, -0.05) is 26.0 Å². The maximum Gasteiger partial charge on any atom is 0.416 e. The molecule has 8 nitrogen and oxygen atoms in total. The molecule has 2 aromatic carbocycles. The van der Waals surface area contributed by atoms with Gasteiger partial charge in [0.1, 0.15) is 6.33 Å². The average molecular weight is 637 g/mol. The minimum atomic E-state index is -4.69. The molecule has 14 heteroatoms. The molecule has 0 N–H and O–H groups in total. The lowest BCUT2D eigenvalue weighted by Crippen LogP contribution is -2.53. The Hall–Kier alpha value is -3.49. The minimum Gasteiger partial charge on any atom is -0.379 e. The van der Waals surface area contributed by atoms with E-state index in [1.54, 1.807) is 24.3 Å². The van der Waals surface area contributed by atoms with Crippen molar-refractivity contribution in [2.75, 3.05) is 44.8 Å². The highest BCUT2D eigenvalue weighted by molar-refractivity contribution is 6.10. The number of nitrogens with zero attached hydrogens (tertiary/aromatic N) is 6. The Kier molecular flexibility index (Phi) is 8.19. The Balaban J connectivity index is 1.32. The lowest BCUT2D eigenvalue weighted by Gasteiger charge is -2.44. The van der Waals surface area contributed by atoms with Crippen molar-refractivity contribution in [3.8, 4) is 0 Å². The van der Waals surface area contributed by atoms with Gasteiger partial charge >= 0.3 is 12.7 Å². The van der Waals surface area contributed by atoms with Crippen LogP contribution in [0.15, 0.2) is 42.7 Å². The van der Waals surface area contributed by atoms with Gasteiger partial charge in [-0.15, -0.1) is 10.2 Å². The molecule has 3 aliphatic heterocycles. The third kappa shape index (κ3) is 5.61. The number of benzene rings is 2. The van der Waals surface area contributed by atoms with Crippen LogP contribution in [-0.2, 0) is 29.4 Å². The first-order chi connectivity index (χ1) is 21.3. The summed E-state index contributed by atoms with van der Waals surface area (Å²) < 4.78 is 91.8. The fourth-order valence-corrected chi connectivity index (χ4v) is 6.67. The van der Waals surface area contributed by atoms with Gasteiger partial charge in [-0.25, -0.2) is 4.39 Å². The van der Waals surface area contributed by atoms with Crippen LogP contribution in [0.3, 0.4) is 0 Å². The number of hydrogen-bond donors (Lipinski definition) is 0. The molecular weight excluding hydrogens is 602 g/mol. The molecule has 45 heavy (non-hydrogen) atoms. The largest absolute Gasteiger partial charge is 0.416 e. The van der Waals surface area contributed by atoms with E-state index < -0.39 is 41.6 Å². The summed E-state index contributed by atoms with van der Waals surface area (Å²) in [5, 5.41) is 7.01. The fraction of sp³-hybridized carbons (Fsp3) is 0.516. The second kappa shape index (κ2) is 11.7. The van der Waals surface area contributed by atoms with E-state index in [0.717, 1.165) is 25.5 Å². The van der Waals surface area contributed by atoms with Crippen LogP contribution in [0.25, 0.3) is 0 Å². The van der Waals surface area contributed by atoms with Crippen molar-refractivity contribution >= 4 is 11.6 Å². The normalized spacial score (nSPS) is 21.4. The van der Waals surface area contributed by atoms with E-state index >= 15 is 4.39 Å². The number of fused-ring (bicyclic) bond motifs is 1. The van der Waals surface area contributed by atoms with Crippen molar-refractivity contribution in [3.63, 3.8) is 0 Å². The number of likely N-dealkylation sites (N-methyl/N-ethyl adjacent to an activating group) is 1. The third-order valence-electron chi connectivity index (χ3n) is 9.27. The summed E-state index contributed by atoms with van der Waals surface area (Å²) in [5.74, 6) is -0.874. The van der Waals surface area contributed by atoms with Crippen molar-refractivity contribution in [1.82, 2.24) is 24.6 Å². The predicted molar refractivity (Wildman–Crippen MR) is 153 cm³/mol. The van der Waals surface area contributed by atoms with E-state index in [9.17, 15) is 26.7 Å². The van der Waals surface area contributed by atoms with Crippen molar-refractivity contribution in [2.24, 2.45) is 5.92 Å². The van der Waals surface area contributed by atoms with E-state index in [0.29, 0.717) is 22.2 Å². The Morgan fingerprint density at radius 1 is 1.09 bits per heavy atom. The van der Waals surface area contributed by atoms with E-state index in [2.05, 4.69) is 33.8 Å². The first-order valence-electron chi connectivity index (χ1n) is 14.8. The molecular formula is C31H34F6N6O2. The summed E-state index contributed by atoms with van der Waals surface area (Å²) in [6, 6.07) is 9.06. The first kappa shape index (κ1) is 31.5. The molecule has 2 fully saturated rings. The van der Waals surface area contributed by atoms with Crippen molar-refractivity contribution in [1.29, 1.82) is 0 Å². The minimum absolute atomic E-state index is 0.0180. The van der Waals surface area contributed by atoms with Gasteiger partial charge in [0, 0.05) is 43.5 Å². The molecule has 0 saturated carbocycles. The lowest BCUT2D eigenvalue weighted by molar-refractivity contribution is -0.138. The number of halogens is 6. The number of alkyl halides is 6. The fourth-order valence-electron chi connectivity index (χ4n) is 6.67. The maximum atomic E-state index is 15.9. The van der Waals surface area contributed by atoms with Crippen molar-refractivity contribution < 1.29 is 35.9 Å². The summed E-state index contributed by atoms with van der Waals surface area (Å²) in [5.41, 5.74) is -1.36. The van der Waals surface area contributed by atoms with Crippen molar-refractivity contribution in [3.05, 3.63) is 76.4 Å². The van der Waals surface area contributed by atoms with Crippen LogP contribution in [0, 0.1) is 5.92 Å². The van der Waals surface area contributed by atoms with Crippen LogP contribution in [0.5, 0.6) is 0 Å². The zero-order chi connectivity index (χ0) is 32.3. The van der Waals surface area contributed by atoms with E-state index in [1.807, 2.05) is 7.05 Å². The van der Waals surface area contributed by atoms with E-state index in [1.165, 1.54) is 11.0 Å². The average Bonchev–Trinajstić information content (AvgIpc) is 3.58. The highest BCUT2D eigenvalue weighted by Gasteiger charge is 2.51. The molecule has 3 aromatic rings. The summed E-state index contributed by atoms with van der Waals surface area (Å²) in [6.07, 6.45) is -5.96. The quantitative estimate of drug-likeness (QED) is 0.300. The lowest BCUT2D eigenvalue weighted by atomic mass is 9.74. The summed E-state index contributed by atoms with van der Waals surface area (Å²) in [4.78, 5) is 19.4. The van der Waals surface area contributed by atoms with E-state index in [-0.39, 0.29) is 55.1 Å². The topological polar surface area (TPSA) is 66.7 Å². The number of amides is 1. The highest BCUT2D eigenvalue weighted by atomic mass is 19.4. The second-order valence-electron chi connectivity index (χ2n) is 12.5. The Morgan fingerprint density at radius 3 is 2.49 bits per heavy atom. The maximum absolute atomic E-state index is 15.9. The van der Waals surface area contributed by atoms with Crippen LogP contribution < -0.4 is 4.90 Å². The van der Waals surface area contributed by atoms with Crippen LogP contribution in [0.2, 0.25) is 0 Å². The SMILES string of the molecule is CC(C)C1CN(C)CCN1Cc1cc2c(c(C(F)(F)F)c1)CN(c1cccc(C3([C@@H](F)c4nncn4C(F)F)COC3)c1)C2=O. The van der Waals surface area contributed by atoms with Gasteiger partial charge in [0.15, 0.2) is 12.0 Å².